The van der Waals surface area contributed by atoms with Crippen LogP contribution < -0.4 is 5.32 Å². The maximum absolute atomic E-state index is 8.61. The van der Waals surface area contributed by atoms with Crippen LogP contribution in [0.2, 0.25) is 0 Å². The summed E-state index contributed by atoms with van der Waals surface area (Å²) in [6, 6.07) is 3.99. The number of hydrogen-bond acceptors (Lipinski definition) is 3. The Labute approximate surface area is 60.3 Å². The quantitative estimate of drug-likeness (QED) is 0.527. The van der Waals surface area contributed by atoms with Crippen molar-refractivity contribution in [3.05, 3.63) is 0 Å². The highest BCUT2D eigenvalue weighted by atomic mass is 15.0. The average Bonchev–Trinajstić information content (AvgIpc) is 2.06. The molecule has 0 saturated carbocycles. The van der Waals surface area contributed by atoms with Crippen molar-refractivity contribution in [3.63, 3.8) is 0 Å². The summed E-state index contributed by atoms with van der Waals surface area (Å²) in [7, 11) is 0. The van der Waals surface area contributed by atoms with Crippen LogP contribution in [0.15, 0.2) is 0 Å². The zero-order valence-corrected chi connectivity index (χ0v) is 5.72. The van der Waals surface area contributed by atoms with E-state index in [0.29, 0.717) is 6.42 Å². The molecule has 52 valence electrons. The van der Waals surface area contributed by atoms with Gasteiger partial charge in [-0.2, -0.15) is 10.5 Å². The number of nitrogens with one attached hydrogen (secondary N) is 1. The van der Waals surface area contributed by atoms with Crippen LogP contribution in [0.4, 0.5) is 0 Å². The van der Waals surface area contributed by atoms with E-state index >= 15 is 0 Å². The molecule has 1 rings (SSSR count). The Morgan fingerprint density at radius 1 is 1.20 bits per heavy atom. The van der Waals surface area contributed by atoms with E-state index in [0.717, 1.165) is 19.4 Å². The Bertz CT molecular complexity index is 174. The van der Waals surface area contributed by atoms with Crippen molar-refractivity contribution in [3.8, 4) is 12.1 Å². The molecule has 0 spiro atoms. The van der Waals surface area contributed by atoms with Gasteiger partial charge in [-0.15, -0.1) is 0 Å². The van der Waals surface area contributed by atoms with Crippen LogP contribution in [0.25, 0.3) is 0 Å². The Morgan fingerprint density at radius 3 is 2.20 bits per heavy atom. The van der Waals surface area contributed by atoms with Crippen molar-refractivity contribution in [1.82, 2.24) is 5.32 Å². The van der Waals surface area contributed by atoms with Crippen molar-refractivity contribution in [2.75, 3.05) is 6.54 Å². The molecule has 10 heavy (non-hydrogen) atoms. The van der Waals surface area contributed by atoms with E-state index in [1.165, 1.54) is 0 Å². The van der Waals surface area contributed by atoms with E-state index in [9.17, 15) is 0 Å². The van der Waals surface area contributed by atoms with Gasteiger partial charge in [-0.1, -0.05) is 0 Å². The van der Waals surface area contributed by atoms with Gasteiger partial charge in [0.25, 0.3) is 0 Å². The fourth-order valence-corrected chi connectivity index (χ4v) is 1.12. The van der Waals surface area contributed by atoms with Gasteiger partial charge in [0.05, 0.1) is 0 Å². The minimum Gasteiger partial charge on any atom is -0.288 e. The summed E-state index contributed by atoms with van der Waals surface area (Å²) in [6.45, 7) is 0.793. The zero-order valence-electron chi connectivity index (χ0n) is 5.72. The molecule has 1 fully saturated rings. The fraction of sp³-hybridized carbons (Fsp3) is 0.714. The zero-order chi connectivity index (χ0) is 7.45. The number of piperidine rings is 1. The molecule has 0 aromatic carbocycles. The minimum absolute atomic E-state index is 0.667. The molecule has 0 amide bonds. The van der Waals surface area contributed by atoms with Crippen molar-refractivity contribution in [2.45, 2.75) is 24.8 Å². The topological polar surface area (TPSA) is 59.6 Å². The SMILES string of the molecule is N#CC1(C#N)CCCCN1. The molecule has 0 unspecified atom stereocenters. The Morgan fingerprint density at radius 2 is 1.90 bits per heavy atom. The van der Waals surface area contributed by atoms with Gasteiger partial charge in [0.1, 0.15) is 12.1 Å². The predicted molar refractivity (Wildman–Crippen MR) is 35.8 cm³/mol. The summed E-state index contributed by atoms with van der Waals surface area (Å²) in [5, 5.41) is 20.1. The van der Waals surface area contributed by atoms with Crippen LogP contribution in [-0.2, 0) is 0 Å². The molecule has 0 radical (unpaired) electrons. The highest BCUT2D eigenvalue weighted by Gasteiger charge is 2.30. The lowest BCUT2D eigenvalue weighted by Crippen LogP contribution is -2.45. The Kier molecular flexibility index (Phi) is 1.89. The average molecular weight is 135 g/mol. The number of nitrogens with zero attached hydrogens (tertiary/aromatic N) is 2. The van der Waals surface area contributed by atoms with Crippen molar-refractivity contribution in [2.24, 2.45) is 0 Å². The van der Waals surface area contributed by atoms with Crippen LogP contribution in [0.3, 0.4) is 0 Å². The molecular formula is C7H9N3. The molecule has 0 aromatic rings. The van der Waals surface area contributed by atoms with Crippen molar-refractivity contribution < 1.29 is 0 Å². The molecule has 1 aliphatic rings. The lowest BCUT2D eigenvalue weighted by Gasteiger charge is -2.24. The first-order chi connectivity index (χ1) is 4.83. The van der Waals surface area contributed by atoms with E-state index < -0.39 is 5.54 Å². The Hall–Kier alpha value is -1.06. The molecule has 1 aliphatic heterocycles. The lowest BCUT2D eigenvalue weighted by molar-refractivity contribution is 0.391. The number of hydrogen-bond donors (Lipinski definition) is 1. The molecule has 0 atom stereocenters. The van der Waals surface area contributed by atoms with Crippen LogP contribution in [0, 0.1) is 22.7 Å². The van der Waals surface area contributed by atoms with E-state index in [-0.39, 0.29) is 0 Å². The summed E-state index contributed by atoms with van der Waals surface area (Å²) in [5.74, 6) is 0. The van der Waals surface area contributed by atoms with E-state index in [4.69, 9.17) is 10.5 Å². The van der Waals surface area contributed by atoms with Gasteiger partial charge in [0.15, 0.2) is 5.54 Å². The normalized spacial score (nSPS) is 22.6. The largest absolute Gasteiger partial charge is 0.288 e. The van der Waals surface area contributed by atoms with E-state index in [1.807, 2.05) is 12.1 Å². The molecule has 0 aliphatic carbocycles. The highest BCUT2D eigenvalue weighted by molar-refractivity contribution is 5.22. The molecule has 1 heterocycles. The second-order valence-corrected chi connectivity index (χ2v) is 2.51. The van der Waals surface area contributed by atoms with Crippen LogP contribution in [0.1, 0.15) is 19.3 Å². The highest BCUT2D eigenvalue weighted by Crippen LogP contribution is 2.16. The molecule has 0 bridgehead atoms. The monoisotopic (exact) mass is 135 g/mol. The van der Waals surface area contributed by atoms with Gasteiger partial charge in [0, 0.05) is 0 Å². The maximum atomic E-state index is 8.61. The van der Waals surface area contributed by atoms with Gasteiger partial charge in [-0.05, 0) is 25.8 Å². The lowest BCUT2D eigenvalue weighted by atomic mass is 9.92. The van der Waals surface area contributed by atoms with Gasteiger partial charge in [-0.25, -0.2) is 0 Å². The first-order valence-corrected chi connectivity index (χ1v) is 3.40. The maximum Gasteiger partial charge on any atom is 0.194 e. The van der Waals surface area contributed by atoms with Gasteiger partial charge in [-0.3, -0.25) is 5.32 Å². The third kappa shape index (κ3) is 1.10. The molecule has 1 saturated heterocycles. The van der Waals surface area contributed by atoms with Crippen molar-refractivity contribution >= 4 is 0 Å². The molecule has 3 nitrogen and oxygen atoms in total. The standard InChI is InChI=1S/C7H9N3/c8-5-7(6-9)3-1-2-4-10-7/h10H,1-4H2. The fourth-order valence-electron chi connectivity index (χ4n) is 1.12. The van der Waals surface area contributed by atoms with Crippen LogP contribution in [-0.4, -0.2) is 12.1 Å². The van der Waals surface area contributed by atoms with E-state index in [1.54, 1.807) is 0 Å². The summed E-state index contributed by atoms with van der Waals surface area (Å²) >= 11 is 0. The third-order valence-corrected chi connectivity index (χ3v) is 1.79. The second kappa shape index (κ2) is 2.68. The van der Waals surface area contributed by atoms with Gasteiger partial charge in [0.2, 0.25) is 0 Å². The van der Waals surface area contributed by atoms with Crippen LogP contribution >= 0.6 is 0 Å². The first-order valence-electron chi connectivity index (χ1n) is 3.40. The molecule has 3 heteroatoms. The second-order valence-electron chi connectivity index (χ2n) is 2.51. The summed E-state index contributed by atoms with van der Waals surface area (Å²) in [5.41, 5.74) is -0.877. The van der Waals surface area contributed by atoms with Crippen LogP contribution in [0.5, 0.6) is 0 Å². The summed E-state index contributed by atoms with van der Waals surface area (Å²) in [4.78, 5) is 0. The summed E-state index contributed by atoms with van der Waals surface area (Å²) < 4.78 is 0. The van der Waals surface area contributed by atoms with Gasteiger partial charge >= 0.3 is 0 Å². The first kappa shape index (κ1) is 7.05. The number of nitriles is 2. The number of rotatable bonds is 0. The van der Waals surface area contributed by atoms with Gasteiger partial charge < -0.3 is 0 Å². The molecule has 1 N–H and O–H groups in total. The predicted octanol–water partition coefficient (Wildman–Crippen LogP) is 0.546. The molecular weight excluding hydrogens is 126 g/mol. The van der Waals surface area contributed by atoms with Crippen molar-refractivity contribution in [1.29, 1.82) is 10.5 Å². The summed E-state index contributed by atoms with van der Waals surface area (Å²) in [6.07, 6.45) is 2.72. The molecule has 0 aromatic heterocycles. The third-order valence-electron chi connectivity index (χ3n) is 1.79. The minimum atomic E-state index is -0.877. The van der Waals surface area contributed by atoms with E-state index in [2.05, 4.69) is 5.32 Å². The smallest absolute Gasteiger partial charge is 0.194 e. The Balaban J connectivity index is 2.67.